The van der Waals surface area contributed by atoms with Gasteiger partial charge in [-0.1, -0.05) is 26.0 Å². The van der Waals surface area contributed by atoms with Gasteiger partial charge in [0.2, 0.25) is 0 Å². The third-order valence-corrected chi connectivity index (χ3v) is 3.58. The van der Waals surface area contributed by atoms with Crippen molar-refractivity contribution in [2.24, 2.45) is 0 Å². The van der Waals surface area contributed by atoms with E-state index in [4.69, 9.17) is 0 Å². The smallest absolute Gasteiger partial charge is 0.261 e. The Kier molecular flexibility index (Phi) is 5.09. The average molecular weight is 299 g/mol. The van der Waals surface area contributed by atoms with Gasteiger partial charge in [-0.15, -0.1) is 0 Å². The zero-order valence-electron chi connectivity index (χ0n) is 13.2. The largest absolute Gasteiger partial charge is 0.335 e. The fraction of sp³-hybridized carbons (Fsp3) is 0.353. The van der Waals surface area contributed by atoms with E-state index in [9.17, 15) is 9.59 Å². The van der Waals surface area contributed by atoms with Gasteiger partial charge in [0.1, 0.15) is 0 Å². The Morgan fingerprint density at radius 3 is 2.09 bits per heavy atom. The standard InChI is InChI=1S/C15H15N3O2.C2H6/c1-11-9-16-10-17(11)7-4-8-18-14(19)12-5-2-3-6-13(12)15(18)20;1-2/h2-3,5-6,9-10H,4,7-8H2,1H3;1-2H3. The molecule has 5 nitrogen and oxygen atoms in total. The second-order valence-electron chi connectivity index (χ2n) is 4.89. The van der Waals surface area contributed by atoms with Crippen LogP contribution >= 0.6 is 0 Å². The molecule has 116 valence electrons. The molecule has 0 saturated heterocycles. The number of imidazole rings is 1. The van der Waals surface area contributed by atoms with Crippen molar-refractivity contribution in [3.63, 3.8) is 0 Å². The van der Waals surface area contributed by atoms with Crippen LogP contribution in [0.15, 0.2) is 36.8 Å². The van der Waals surface area contributed by atoms with Crippen LogP contribution in [-0.4, -0.2) is 32.8 Å². The molecule has 2 amide bonds. The van der Waals surface area contributed by atoms with E-state index in [0.717, 1.165) is 18.7 Å². The summed E-state index contributed by atoms with van der Waals surface area (Å²) in [4.78, 5) is 29.7. The van der Waals surface area contributed by atoms with E-state index in [-0.39, 0.29) is 11.8 Å². The summed E-state index contributed by atoms with van der Waals surface area (Å²) >= 11 is 0. The number of aryl methyl sites for hydroxylation is 2. The van der Waals surface area contributed by atoms with Crippen molar-refractivity contribution in [1.82, 2.24) is 14.5 Å². The maximum Gasteiger partial charge on any atom is 0.261 e. The van der Waals surface area contributed by atoms with Crippen LogP contribution in [0.25, 0.3) is 0 Å². The van der Waals surface area contributed by atoms with E-state index < -0.39 is 0 Å². The lowest BCUT2D eigenvalue weighted by atomic mass is 10.1. The summed E-state index contributed by atoms with van der Waals surface area (Å²) in [6.07, 6.45) is 4.28. The number of hydrogen-bond donors (Lipinski definition) is 0. The summed E-state index contributed by atoms with van der Waals surface area (Å²) in [5, 5.41) is 0. The van der Waals surface area contributed by atoms with E-state index in [1.54, 1.807) is 36.8 Å². The molecule has 1 aliphatic heterocycles. The first-order valence-electron chi connectivity index (χ1n) is 7.60. The van der Waals surface area contributed by atoms with Crippen molar-refractivity contribution in [3.8, 4) is 0 Å². The number of rotatable bonds is 4. The molecule has 1 aromatic carbocycles. The van der Waals surface area contributed by atoms with Crippen molar-refractivity contribution in [2.75, 3.05) is 6.54 Å². The SMILES string of the molecule is CC.Cc1cncn1CCCN1C(=O)c2ccccc2C1=O. The van der Waals surface area contributed by atoms with Gasteiger partial charge in [0.15, 0.2) is 0 Å². The molecule has 1 aliphatic rings. The molecule has 22 heavy (non-hydrogen) atoms. The predicted octanol–water partition coefficient (Wildman–Crippen LogP) is 2.90. The van der Waals surface area contributed by atoms with Crippen LogP contribution in [0, 0.1) is 6.92 Å². The van der Waals surface area contributed by atoms with Crippen LogP contribution in [0.4, 0.5) is 0 Å². The molecular weight excluding hydrogens is 278 g/mol. The molecule has 0 spiro atoms. The Balaban J connectivity index is 0.000000847. The molecule has 0 N–H and O–H groups in total. The number of aromatic nitrogens is 2. The zero-order chi connectivity index (χ0) is 16.1. The van der Waals surface area contributed by atoms with Crippen LogP contribution in [0.3, 0.4) is 0 Å². The van der Waals surface area contributed by atoms with Gasteiger partial charge in [-0.2, -0.15) is 0 Å². The van der Waals surface area contributed by atoms with Crippen LogP contribution in [0.5, 0.6) is 0 Å². The predicted molar refractivity (Wildman–Crippen MR) is 84.7 cm³/mol. The highest BCUT2D eigenvalue weighted by Gasteiger charge is 2.34. The molecule has 0 saturated carbocycles. The molecule has 0 aliphatic carbocycles. The topological polar surface area (TPSA) is 55.2 Å². The highest BCUT2D eigenvalue weighted by Crippen LogP contribution is 2.22. The fourth-order valence-corrected chi connectivity index (χ4v) is 2.46. The molecule has 0 fully saturated rings. The minimum Gasteiger partial charge on any atom is -0.335 e. The van der Waals surface area contributed by atoms with Crippen molar-refractivity contribution in [3.05, 3.63) is 53.6 Å². The highest BCUT2D eigenvalue weighted by atomic mass is 16.2. The van der Waals surface area contributed by atoms with E-state index >= 15 is 0 Å². The van der Waals surface area contributed by atoms with Gasteiger partial charge >= 0.3 is 0 Å². The minimum atomic E-state index is -0.187. The van der Waals surface area contributed by atoms with Gasteiger partial charge in [0.05, 0.1) is 17.5 Å². The van der Waals surface area contributed by atoms with Gasteiger partial charge in [-0.05, 0) is 25.5 Å². The molecule has 0 atom stereocenters. The lowest BCUT2D eigenvalue weighted by Gasteiger charge is -2.14. The Hall–Kier alpha value is -2.43. The summed E-state index contributed by atoms with van der Waals surface area (Å²) in [5.41, 5.74) is 2.10. The van der Waals surface area contributed by atoms with Crippen molar-refractivity contribution < 1.29 is 9.59 Å². The number of imide groups is 1. The van der Waals surface area contributed by atoms with Crippen molar-refractivity contribution >= 4 is 11.8 Å². The first kappa shape index (κ1) is 15.9. The molecule has 0 unspecified atom stereocenters. The Labute approximate surface area is 130 Å². The lowest BCUT2D eigenvalue weighted by molar-refractivity contribution is 0.0651. The lowest BCUT2D eigenvalue weighted by Crippen LogP contribution is -2.31. The zero-order valence-corrected chi connectivity index (χ0v) is 13.2. The Morgan fingerprint density at radius 2 is 1.59 bits per heavy atom. The molecule has 0 bridgehead atoms. The number of carbonyl (C=O) groups is 2. The summed E-state index contributed by atoms with van der Waals surface area (Å²) in [6.45, 7) is 7.16. The third-order valence-electron chi connectivity index (χ3n) is 3.58. The van der Waals surface area contributed by atoms with Crippen LogP contribution in [-0.2, 0) is 6.54 Å². The molecule has 1 aromatic heterocycles. The minimum absolute atomic E-state index is 0.187. The molecular formula is C17H21N3O2. The average Bonchev–Trinajstić information content (AvgIpc) is 3.07. The first-order chi connectivity index (χ1) is 10.7. The highest BCUT2D eigenvalue weighted by molar-refractivity contribution is 6.21. The van der Waals surface area contributed by atoms with E-state index in [2.05, 4.69) is 4.98 Å². The summed E-state index contributed by atoms with van der Waals surface area (Å²) in [6, 6.07) is 6.97. The van der Waals surface area contributed by atoms with Gasteiger partial charge in [-0.3, -0.25) is 14.5 Å². The van der Waals surface area contributed by atoms with Gasteiger partial charge in [0.25, 0.3) is 11.8 Å². The van der Waals surface area contributed by atoms with Crippen LogP contribution in [0.1, 0.15) is 46.7 Å². The van der Waals surface area contributed by atoms with E-state index in [1.807, 2.05) is 25.3 Å². The Morgan fingerprint density at radius 1 is 1.00 bits per heavy atom. The second kappa shape index (κ2) is 7.02. The first-order valence-corrected chi connectivity index (χ1v) is 7.60. The second-order valence-corrected chi connectivity index (χ2v) is 4.89. The fourth-order valence-electron chi connectivity index (χ4n) is 2.46. The van der Waals surface area contributed by atoms with Gasteiger partial charge in [-0.25, -0.2) is 4.98 Å². The number of fused-ring (bicyclic) bond motifs is 1. The van der Waals surface area contributed by atoms with Gasteiger partial charge < -0.3 is 4.57 Å². The summed E-state index contributed by atoms with van der Waals surface area (Å²) in [5.74, 6) is -0.374. The van der Waals surface area contributed by atoms with Crippen molar-refractivity contribution in [2.45, 2.75) is 33.7 Å². The number of amides is 2. The number of nitrogens with zero attached hydrogens (tertiary/aromatic N) is 3. The van der Waals surface area contributed by atoms with Gasteiger partial charge in [0, 0.05) is 25.0 Å². The molecule has 3 rings (SSSR count). The maximum absolute atomic E-state index is 12.2. The monoisotopic (exact) mass is 299 g/mol. The van der Waals surface area contributed by atoms with Crippen LogP contribution < -0.4 is 0 Å². The molecule has 2 heterocycles. The van der Waals surface area contributed by atoms with E-state index in [0.29, 0.717) is 17.7 Å². The van der Waals surface area contributed by atoms with Crippen LogP contribution in [0.2, 0.25) is 0 Å². The van der Waals surface area contributed by atoms with Crippen molar-refractivity contribution in [1.29, 1.82) is 0 Å². The summed E-state index contributed by atoms with van der Waals surface area (Å²) in [7, 11) is 0. The quantitative estimate of drug-likeness (QED) is 0.816. The summed E-state index contributed by atoms with van der Waals surface area (Å²) < 4.78 is 2.01. The third kappa shape index (κ3) is 2.93. The molecule has 5 heteroatoms. The molecule has 2 aromatic rings. The molecule has 0 radical (unpaired) electrons. The maximum atomic E-state index is 12.2. The number of benzene rings is 1. The number of hydrogen-bond acceptors (Lipinski definition) is 3. The van der Waals surface area contributed by atoms with E-state index in [1.165, 1.54) is 4.90 Å². The normalized spacial score (nSPS) is 13.0. The number of carbonyl (C=O) groups excluding carboxylic acids is 2. The Bertz CT molecular complexity index is 641.